The van der Waals surface area contributed by atoms with Gasteiger partial charge in [0.05, 0.1) is 40.0 Å². The molecule has 0 unspecified atom stereocenters. The average molecular weight is 330 g/mol. The third kappa shape index (κ3) is 2.98. The molecule has 0 aliphatic heterocycles. The molecule has 23 heavy (non-hydrogen) atoms. The Bertz CT molecular complexity index is 852. The third-order valence-corrected chi connectivity index (χ3v) is 3.87. The Balaban J connectivity index is 1.87. The van der Waals surface area contributed by atoms with E-state index < -0.39 is 0 Å². The molecule has 0 spiro atoms. The van der Waals surface area contributed by atoms with Gasteiger partial charge >= 0.3 is 0 Å². The number of hydrogen-bond donors (Lipinski definition) is 1. The molecule has 0 saturated heterocycles. The van der Waals surface area contributed by atoms with Crippen LogP contribution < -0.4 is 5.32 Å². The van der Waals surface area contributed by atoms with Gasteiger partial charge in [0.25, 0.3) is 5.91 Å². The van der Waals surface area contributed by atoms with Crippen molar-refractivity contribution < 1.29 is 4.79 Å². The monoisotopic (exact) mass is 329 g/mol. The molecule has 7 heteroatoms. The zero-order chi connectivity index (χ0) is 16.4. The maximum Gasteiger partial charge on any atom is 0.259 e. The summed E-state index contributed by atoms with van der Waals surface area (Å²) in [5.41, 5.74) is 2.61. The minimum Gasteiger partial charge on any atom is -0.319 e. The predicted octanol–water partition coefficient (Wildman–Crippen LogP) is 3.30. The second kappa shape index (κ2) is 6.26. The number of halogens is 1. The standard InChI is InChI=1S/C16H16ClN5O/c1-3-21-10-12(8-18-21)20-16(23)13-9-19-22(11(13)2)15-7-5-4-6-14(15)17/h4-10H,3H2,1-2H3,(H,20,23). The van der Waals surface area contributed by atoms with Crippen molar-refractivity contribution in [1.29, 1.82) is 0 Å². The number of carbonyl (C=O) groups is 1. The predicted molar refractivity (Wildman–Crippen MR) is 89.2 cm³/mol. The molecule has 1 N–H and O–H groups in total. The van der Waals surface area contributed by atoms with E-state index in [-0.39, 0.29) is 5.91 Å². The van der Waals surface area contributed by atoms with Crippen LogP contribution in [-0.2, 0) is 6.54 Å². The molecule has 2 aromatic heterocycles. The van der Waals surface area contributed by atoms with Crippen molar-refractivity contribution >= 4 is 23.2 Å². The lowest BCUT2D eigenvalue weighted by molar-refractivity contribution is 0.102. The van der Waals surface area contributed by atoms with Crippen LogP contribution in [0.4, 0.5) is 5.69 Å². The Morgan fingerprint density at radius 3 is 2.74 bits per heavy atom. The van der Waals surface area contributed by atoms with Crippen LogP contribution >= 0.6 is 11.6 Å². The summed E-state index contributed by atoms with van der Waals surface area (Å²) in [7, 11) is 0. The summed E-state index contributed by atoms with van der Waals surface area (Å²) in [5.74, 6) is -0.226. The molecule has 0 radical (unpaired) electrons. The Morgan fingerprint density at radius 2 is 2.04 bits per heavy atom. The largest absolute Gasteiger partial charge is 0.319 e. The van der Waals surface area contributed by atoms with E-state index in [0.717, 1.165) is 17.9 Å². The molecule has 0 fully saturated rings. The van der Waals surface area contributed by atoms with Gasteiger partial charge in [-0.1, -0.05) is 23.7 Å². The number of anilines is 1. The number of aryl methyl sites for hydroxylation is 1. The second-order valence-corrected chi connectivity index (χ2v) is 5.45. The molecule has 0 atom stereocenters. The van der Waals surface area contributed by atoms with E-state index in [1.807, 2.05) is 32.0 Å². The van der Waals surface area contributed by atoms with Crippen molar-refractivity contribution in [3.05, 3.63) is 59.1 Å². The van der Waals surface area contributed by atoms with Crippen molar-refractivity contribution in [3.63, 3.8) is 0 Å². The summed E-state index contributed by atoms with van der Waals surface area (Å²) in [6.07, 6.45) is 4.94. The summed E-state index contributed by atoms with van der Waals surface area (Å²) in [6, 6.07) is 7.37. The lowest BCUT2D eigenvalue weighted by Gasteiger charge is -2.07. The van der Waals surface area contributed by atoms with Gasteiger partial charge in [-0.25, -0.2) is 4.68 Å². The van der Waals surface area contributed by atoms with Crippen molar-refractivity contribution in [3.8, 4) is 5.69 Å². The maximum absolute atomic E-state index is 12.4. The van der Waals surface area contributed by atoms with Crippen molar-refractivity contribution in [2.75, 3.05) is 5.32 Å². The smallest absolute Gasteiger partial charge is 0.259 e. The van der Waals surface area contributed by atoms with E-state index >= 15 is 0 Å². The van der Waals surface area contributed by atoms with E-state index in [2.05, 4.69) is 15.5 Å². The van der Waals surface area contributed by atoms with Gasteiger partial charge in [-0.3, -0.25) is 9.48 Å². The van der Waals surface area contributed by atoms with E-state index in [9.17, 15) is 4.79 Å². The zero-order valence-corrected chi connectivity index (χ0v) is 13.6. The quantitative estimate of drug-likeness (QED) is 0.798. The van der Waals surface area contributed by atoms with Crippen LogP contribution in [0.1, 0.15) is 23.0 Å². The maximum atomic E-state index is 12.4. The molecule has 3 rings (SSSR count). The minimum absolute atomic E-state index is 0.226. The van der Waals surface area contributed by atoms with E-state index in [1.54, 1.807) is 27.8 Å². The first-order valence-corrected chi connectivity index (χ1v) is 7.61. The molecule has 0 bridgehead atoms. The second-order valence-electron chi connectivity index (χ2n) is 5.05. The normalized spacial score (nSPS) is 10.7. The number of hydrogen-bond acceptors (Lipinski definition) is 3. The number of carbonyl (C=O) groups excluding carboxylic acids is 1. The molecule has 3 aromatic rings. The number of benzene rings is 1. The molecular formula is C16H16ClN5O. The summed E-state index contributed by atoms with van der Waals surface area (Å²) < 4.78 is 3.41. The Kier molecular flexibility index (Phi) is 4.16. The fourth-order valence-corrected chi connectivity index (χ4v) is 2.51. The third-order valence-electron chi connectivity index (χ3n) is 3.55. The highest BCUT2D eigenvalue weighted by atomic mass is 35.5. The summed E-state index contributed by atoms with van der Waals surface area (Å²) in [5, 5.41) is 11.8. The molecule has 1 aromatic carbocycles. The topological polar surface area (TPSA) is 64.7 Å². The highest BCUT2D eigenvalue weighted by Gasteiger charge is 2.17. The molecule has 0 aliphatic carbocycles. The van der Waals surface area contributed by atoms with Crippen LogP contribution in [-0.4, -0.2) is 25.5 Å². The average Bonchev–Trinajstić information content (AvgIpc) is 3.14. The zero-order valence-electron chi connectivity index (χ0n) is 12.8. The van der Waals surface area contributed by atoms with Gasteiger partial charge < -0.3 is 5.32 Å². The first kappa shape index (κ1) is 15.3. The fourth-order valence-electron chi connectivity index (χ4n) is 2.30. The first-order valence-electron chi connectivity index (χ1n) is 7.23. The Morgan fingerprint density at radius 1 is 1.26 bits per heavy atom. The highest BCUT2D eigenvalue weighted by Crippen LogP contribution is 2.22. The van der Waals surface area contributed by atoms with Crippen LogP contribution in [0.15, 0.2) is 42.9 Å². The molecular weight excluding hydrogens is 314 g/mol. The van der Waals surface area contributed by atoms with Crippen LogP contribution in [0.3, 0.4) is 0 Å². The van der Waals surface area contributed by atoms with E-state index in [4.69, 9.17) is 11.6 Å². The number of amides is 1. The van der Waals surface area contributed by atoms with Crippen LogP contribution in [0, 0.1) is 6.92 Å². The molecule has 0 saturated carbocycles. The van der Waals surface area contributed by atoms with Gasteiger partial charge in [0, 0.05) is 12.7 Å². The Hall–Kier alpha value is -2.60. The van der Waals surface area contributed by atoms with Crippen molar-refractivity contribution in [2.24, 2.45) is 0 Å². The summed E-state index contributed by atoms with van der Waals surface area (Å²) >= 11 is 6.20. The van der Waals surface area contributed by atoms with Gasteiger partial charge in [-0.2, -0.15) is 10.2 Å². The van der Waals surface area contributed by atoms with Gasteiger partial charge in [0.15, 0.2) is 0 Å². The van der Waals surface area contributed by atoms with Crippen LogP contribution in [0.25, 0.3) is 5.69 Å². The number of nitrogens with one attached hydrogen (secondary N) is 1. The summed E-state index contributed by atoms with van der Waals surface area (Å²) in [4.78, 5) is 12.4. The van der Waals surface area contributed by atoms with Gasteiger partial charge in [-0.15, -0.1) is 0 Å². The lowest BCUT2D eigenvalue weighted by Crippen LogP contribution is -2.12. The number of aromatic nitrogens is 4. The summed E-state index contributed by atoms with van der Waals surface area (Å²) in [6.45, 7) is 4.57. The van der Waals surface area contributed by atoms with Crippen LogP contribution in [0.2, 0.25) is 5.02 Å². The number of nitrogens with zero attached hydrogens (tertiary/aromatic N) is 4. The van der Waals surface area contributed by atoms with Gasteiger partial charge in [0.2, 0.25) is 0 Å². The van der Waals surface area contributed by atoms with Crippen molar-refractivity contribution in [2.45, 2.75) is 20.4 Å². The van der Waals surface area contributed by atoms with Crippen molar-refractivity contribution in [1.82, 2.24) is 19.6 Å². The fraction of sp³-hybridized carbons (Fsp3) is 0.188. The number of rotatable bonds is 4. The molecule has 0 aliphatic rings. The van der Waals surface area contributed by atoms with E-state index in [0.29, 0.717) is 16.3 Å². The van der Waals surface area contributed by atoms with Gasteiger partial charge in [0.1, 0.15) is 0 Å². The van der Waals surface area contributed by atoms with Crippen LogP contribution in [0.5, 0.6) is 0 Å². The van der Waals surface area contributed by atoms with E-state index in [1.165, 1.54) is 6.20 Å². The molecule has 118 valence electrons. The Labute approximate surface area is 138 Å². The van der Waals surface area contributed by atoms with Gasteiger partial charge in [-0.05, 0) is 26.0 Å². The molecule has 6 nitrogen and oxygen atoms in total. The first-order chi connectivity index (χ1) is 11.1. The SMILES string of the molecule is CCn1cc(NC(=O)c2cnn(-c3ccccc3Cl)c2C)cn1. The highest BCUT2D eigenvalue weighted by molar-refractivity contribution is 6.32. The lowest BCUT2D eigenvalue weighted by atomic mass is 10.2. The molecule has 2 heterocycles. The molecule has 1 amide bonds. The number of para-hydroxylation sites is 1. The minimum atomic E-state index is -0.226.